The van der Waals surface area contributed by atoms with Crippen LogP contribution in [0.4, 0.5) is 0 Å². The highest BCUT2D eigenvalue weighted by molar-refractivity contribution is 5.96. The maximum atomic E-state index is 14.0. The van der Waals surface area contributed by atoms with Gasteiger partial charge < -0.3 is 76.4 Å². The van der Waals surface area contributed by atoms with Gasteiger partial charge in [-0.2, -0.15) is 0 Å². The summed E-state index contributed by atoms with van der Waals surface area (Å²) in [6.45, 7) is 3.23. The van der Waals surface area contributed by atoms with E-state index in [-0.39, 0.29) is 89.0 Å². The van der Waals surface area contributed by atoms with Crippen LogP contribution in [0.2, 0.25) is 0 Å². The monoisotopic (exact) mass is 822 g/mol. The number of hydrogen-bond acceptors (Lipinski definition) is 12. The molecule has 0 spiro atoms. The van der Waals surface area contributed by atoms with E-state index in [1.807, 2.05) is 0 Å². The third kappa shape index (κ3) is 21.3. The van der Waals surface area contributed by atoms with Crippen LogP contribution in [0, 0.1) is 5.92 Å². The number of rotatable bonds is 29. The Balaban J connectivity index is 3.41. The zero-order valence-corrected chi connectivity index (χ0v) is 33.1. The second kappa shape index (κ2) is 27.5. The second-order valence-electron chi connectivity index (χ2n) is 13.8. The molecule has 20 N–H and O–H groups in total. The van der Waals surface area contributed by atoms with Crippen molar-refractivity contribution in [3.63, 3.8) is 0 Å². The number of aliphatic imine (C=N–C) groups is 2. The average molecular weight is 823 g/mol. The van der Waals surface area contributed by atoms with Crippen LogP contribution in [0.1, 0.15) is 70.9 Å². The van der Waals surface area contributed by atoms with E-state index in [9.17, 15) is 38.7 Å². The van der Waals surface area contributed by atoms with Crippen LogP contribution < -0.4 is 66.3 Å². The van der Waals surface area contributed by atoms with E-state index in [2.05, 4.69) is 51.9 Å². The Bertz CT molecular complexity index is 1530. The minimum atomic E-state index is -1.30. The number of nitrogens with one attached hydrogen (secondary N) is 7. The number of nitrogens with zero attached hydrogens (tertiary/aromatic N) is 3. The summed E-state index contributed by atoms with van der Waals surface area (Å²) in [4.78, 5) is 106. The summed E-state index contributed by atoms with van der Waals surface area (Å²) >= 11 is 0. The Kier molecular flexibility index (Phi) is 23.7. The van der Waals surface area contributed by atoms with Crippen molar-refractivity contribution >= 4 is 53.3 Å². The molecule has 0 radical (unpaired) electrons. The Labute approximate surface area is 336 Å². The molecule has 24 nitrogen and oxygen atoms in total. The summed E-state index contributed by atoms with van der Waals surface area (Å²) in [6, 6.07) is -6.30. The molecule has 1 heterocycles. The van der Waals surface area contributed by atoms with Crippen molar-refractivity contribution in [3.8, 4) is 0 Å². The maximum absolute atomic E-state index is 14.0. The number of nitrogens with two attached hydrogens (primary N) is 6. The fourth-order valence-corrected chi connectivity index (χ4v) is 5.41. The van der Waals surface area contributed by atoms with Crippen molar-refractivity contribution in [3.05, 3.63) is 18.2 Å². The highest BCUT2D eigenvalue weighted by atomic mass is 16.4. The van der Waals surface area contributed by atoms with Crippen molar-refractivity contribution < 1.29 is 38.7 Å². The number of aliphatic carboxylic acids is 1. The zero-order chi connectivity index (χ0) is 43.6. The topological polar surface area (TPSA) is 421 Å². The lowest BCUT2D eigenvalue weighted by atomic mass is 10.0. The number of carbonyl (C=O) groups excluding carboxylic acids is 6. The van der Waals surface area contributed by atoms with Gasteiger partial charge in [-0.15, -0.1) is 0 Å². The fraction of sp³-hybridized carbons (Fsp3) is 0.647. The summed E-state index contributed by atoms with van der Waals surface area (Å²) in [6.07, 6.45) is 4.20. The SMILES string of the molecule is CC(C)C[C@H](NC(=O)[C@H](CCCN=C(N)N)NC(=O)[C@H](CCCN=C(N)N)NC(=O)[C@H](CCCCN)NC(=O)[C@H](Cc1cnc[nH]1)NC(=O)CNC(=O)CN)C(=O)O. The molecule has 0 aliphatic heterocycles. The van der Waals surface area contributed by atoms with Gasteiger partial charge >= 0.3 is 5.97 Å². The number of guanidine groups is 2. The van der Waals surface area contributed by atoms with Gasteiger partial charge in [-0.25, -0.2) is 9.78 Å². The van der Waals surface area contributed by atoms with Crippen LogP contribution in [0.3, 0.4) is 0 Å². The molecule has 0 aromatic carbocycles. The van der Waals surface area contributed by atoms with Crippen LogP contribution in [0.5, 0.6) is 0 Å². The van der Waals surface area contributed by atoms with Gasteiger partial charge in [0, 0.05) is 31.4 Å². The molecule has 5 atom stereocenters. The molecule has 1 rings (SSSR count). The summed E-state index contributed by atoms with van der Waals surface area (Å²) in [7, 11) is 0. The molecule has 0 unspecified atom stereocenters. The van der Waals surface area contributed by atoms with Crippen molar-refractivity contribution in [2.24, 2.45) is 50.3 Å². The Morgan fingerprint density at radius 3 is 1.59 bits per heavy atom. The van der Waals surface area contributed by atoms with Gasteiger partial charge in [-0.3, -0.25) is 38.8 Å². The predicted molar refractivity (Wildman–Crippen MR) is 214 cm³/mol. The molecule has 24 heteroatoms. The van der Waals surface area contributed by atoms with Gasteiger partial charge in [0.1, 0.15) is 30.2 Å². The number of carboxylic acids is 1. The molecule has 0 saturated carbocycles. The van der Waals surface area contributed by atoms with Crippen LogP contribution in [0.25, 0.3) is 0 Å². The summed E-state index contributed by atoms with van der Waals surface area (Å²) < 4.78 is 0. The van der Waals surface area contributed by atoms with Gasteiger partial charge in [-0.1, -0.05) is 13.8 Å². The molecule has 0 saturated heterocycles. The average Bonchev–Trinajstić information content (AvgIpc) is 3.67. The van der Waals surface area contributed by atoms with E-state index < -0.39 is 78.2 Å². The van der Waals surface area contributed by atoms with E-state index in [4.69, 9.17) is 34.4 Å². The number of amides is 6. The molecule has 0 aliphatic carbocycles. The molecular formula is C34H62N16O8. The van der Waals surface area contributed by atoms with Crippen LogP contribution in [0.15, 0.2) is 22.5 Å². The van der Waals surface area contributed by atoms with Crippen LogP contribution in [-0.4, -0.2) is 131 Å². The summed E-state index contributed by atoms with van der Waals surface area (Å²) in [5.74, 6) is -6.14. The highest BCUT2D eigenvalue weighted by Gasteiger charge is 2.32. The van der Waals surface area contributed by atoms with E-state index in [0.717, 1.165) is 0 Å². The largest absolute Gasteiger partial charge is 0.480 e. The summed E-state index contributed by atoms with van der Waals surface area (Å²) in [5, 5.41) is 25.0. The Morgan fingerprint density at radius 2 is 1.17 bits per heavy atom. The minimum absolute atomic E-state index is 0.00580. The molecule has 58 heavy (non-hydrogen) atoms. The molecule has 326 valence electrons. The van der Waals surface area contributed by atoms with Crippen molar-refractivity contribution in [2.45, 2.75) is 102 Å². The molecule has 6 amide bonds. The molecular weight excluding hydrogens is 760 g/mol. The number of hydrogen-bond donors (Lipinski definition) is 14. The first kappa shape index (κ1) is 50.0. The first-order valence-electron chi connectivity index (χ1n) is 19.0. The highest BCUT2D eigenvalue weighted by Crippen LogP contribution is 2.10. The van der Waals surface area contributed by atoms with Gasteiger partial charge in [0.2, 0.25) is 35.4 Å². The third-order valence-electron chi connectivity index (χ3n) is 8.32. The first-order valence-corrected chi connectivity index (χ1v) is 19.0. The number of unbranched alkanes of at least 4 members (excludes halogenated alkanes) is 1. The van der Waals surface area contributed by atoms with Crippen molar-refractivity contribution in [1.82, 2.24) is 41.9 Å². The number of H-pyrrole nitrogens is 1. The third-order valence-corrected chi connectivity index (χ3v) is 8.32. The van der Waals surface area contributed by atoms with Crippen LogP contribution >= 0.6 is 0 Å². The van der Waals surface area contributed by atoms with Gasteiger partial charge in [0.15, 0.2) is 11.9 Å². The van der Waals surface area contributed by atoms with Gasteiger partial charge in [0.05, 0.1) is 19.4 Å². The summed E-state index contributed by atoms with van der Waals surface area (Å²) in [5.41, 5.74) is 33.2. The lowest BCUT2D eigenvalue weighted by molar-refractivity contribution is -0.143. The van der Waals surface area contributed by atoms with E-state index in [1.54, 1.807) is 13.8 Å². The lowest BCUT2D eigenvalue weighted by Crippen LogP contribution is -2.59. The minimum Gasteiger partial charge on any atom is -0.480 e. The predicted octanol–water partition coefficient (Wildman–Crippen LogP) is -5.18. The quantitative estimate of drug-likeness (QED) is 0.0204. The molecule has 0 fully saturated rings. The number of imidazole rings is 1. The number of aromatic amines is 1. The first-order chi connectivity index (χ1) is 27.5. The Hall–Kier alpha value is -6.04. The smallest absolute Gasteiger partial charge is 0.326 e. The number of carboxylic acid groups (broad SMARTS) is 1. The maximum Gasteiger partial charge on any atom is 0.326 e. The number of aromatic nitrogens is 2. The molecule has 0 bridgehead atoms. The molecule has 1 aromatic rings. The lowest BCUT2D eigenvalue weighted by Gasteiger charge is -2.27. The van der Waals surface area contributed by atoms with Crippen LogP contribution in [-0.2, 0) is 40.0 Å². The van der Waals surface area contributed by atoms with Crippen molar-refractivity contribution in [2.75, 3.05) is 32.7 Å². The van der Waals surface area contributed by atoms with E-state index >= 15 is 0 Å². The molecule has 1 aromatic heterocycles. The normalized spacial score (nSPS) is 13.4. The van der Waals surface area contributed by atoms with Crippen molar-refractivity contribution in [1.29, 1.82) is 0 Å². The molecule has 0 aliphatic rings. The van der Waals surface area contributed by atoms with E-state index in [1.165, 1.54) is 12.5 Å². The zero-order valence-electron chi connectivity index (χ0n) is 33.1. The standard InChI is InChI=1S/C34H62N16O8/c1-19(2)13-25(32(57)58)50-30(55)23(9-6-12-43-34(39)40)48-29(54)22(8-5-11-42-33(37)38)47-28(53)21(7-3-4-10-35)49-31(56)24(14-20-16-41-18-45-20)46-27(52)17-44-26(51)15-36/h16,18-19,21-25H,3-15,17,35-36H2,1-2H3,(H,41,45)(H,44,51)(H,46,52)(H,47,53)(H,48,54)(H,49,56)(H,50,55)(H,57,58)(H4,37,38,42)(H4,39,40,43)/t21-,22-,23-,24-,25-/m0/s1. The van der Waals surface area contributed by atoms with Gasteiger partial charge in [-0.05, 0) is 63.8 Å². The fourth-order valence-electron chi connectivity index (χ4n) is 5.41. The number of carbonyl (C=O) groups is 7. The Morgan fingerprint density at radius 1 is 0.690 bits per heavy atom. The van der Waals surface area contributed by atoms with Gasteiger partial charge in [0.25, 0.3) is 0 Å². The second-order valence-corrected chi connectivity index (χ2v) is 13.8. The van der Waals surface area contributed by atoms with E-state index in [0.29, 0.717) is 18.5 Å².